The van der Waals surface area contributed by atoms with Crippen LogP contribution in [0, 0.1) is 6.92 Å². The van der Waals surface area contributed by atoms with E-state index in [9.17, 15) is 0 Å². The Morgan fingerprint density at radius 1 is 0.760 bits per heavy atom. The van der Waals surface area contributed by atoms with Crippen LogP contribution < -0.4 is 0 Å². The van der Waals surface area contributed by atoms with E-state index in [4.69, 9.17) is 5.11 Å². The molecule has 0 spiro atoms. The third-order valence-corrected chi connectivity index (χ3v) is 3.56. The summed E-state index contributed by atoms with van der Waals surface area (Å²) in [7, 11) is 0. The van der Waals surface area contributed by atoms with Crippen LogP contribution >= 0.6 is 0 Å². The Bertz CT molecular complexity index is 524. The van der Waals surface area contributed by atoms with E-state index >= 15 is 0 Å². The molecule has 0 fully saturated rings. The summed E-state index contributed by atoms with van der Waals surface area (Å²) in [6.45, 7) is 21.1. The van der Waals surface area contributed by atoms with Crippen molar-refractivity contribution >= 4 is 0 Å². The molecule has 0 saturated carbocycles. The van der Waals surface area contributed by atoms with Crippen LogP contribution in [0.5, 0.6) is 5.75 Å². The number of phenolic OH excluding ortho intramolecular Hbond substituents is 1. The molecule has 0 saturated heterocycles. The van der Waals surface area contributed by atoms with Gasteiger partial charge < -0.3 is 5.11 Å². The first-order valence-corrected chi connectivity index (χ1v) is 9.57. The van der Waals surface area contributed by atoms with E-state index in [1.807, 2.05) is 52.8 Å². The molecule has 2 aromatic carbocycles. The highest BCUT2D eigenvalue weighted by molar-refractivity contribution is 5.30. The second-order valence-electron chi connectivity index (χ2n) is 6.81. The molecule has 0 atom stereocenters. The number of phenols is 1. The minimum Gasteiger partial charge on any atom is -0.508 e. The molecule has 0 radical (unpaired) electrons. The minimum atomic E-state index is 0.273. The zero-order valence-electron chi connectivity index (χ0n) is 18.1. The van der Waals surface area contributed by atoms with Gasteiger partial charge in [-0.25, -0.2) is 0 Å². The number of benzene rings is 2. The van der Waals surface area contributed by atoms with Crippen molar-refractivity contribution in [2.24, 2.45) is 0 Å². The van der Waals surface area contributed by atoms with Crippen molar-refractivity contribution in [1.82, 2.24) is 0 Å². The molecule has 142 valence electrons. The molecule has 0 heterocycles. The van der Waals surface area contributed by atoms with Crippen molar-refractivity contribution in [3.05, 3.63) is 65.2 Å². The second kappa shape index (κ2) is 13.5. The molecule has 0 bridgehead atoms. The highest BCUT2D eigenvalue weighted by Crippen LogP contribution is 2.24. The highest BCUT2D eigenvalue weighted by Gasteiger charge is 2.12. The second-order valence-corrected chi connectivity index (χ2v) is 6.81. The van der Waals surface area contributed by atoms with Crippen LogP contribution in [0.3, 0.4) is 0 Å². The van der Waals surface area contributed by atoms with E-state index in [0.717, 1.165) is 5.56 Å². The molecular formula is C24H40O. The van der Waals surface area contributed by atoms with Crippen molar-refractivity contribution in [3.8, 4) is 5.75 Å². The molecule has 0 aliphatic heterocycles. The van der Waals surface area contributed by atoms with Crippen LogP contribution in [-0.4, -0.2) is 5.11 Å². The van der Waals surface area contributed by atoms with E-state index in [2.05, 4.69) is 58.9 Å². The Kier molecular flexibility index (Phi) is 13.8. The lowest BCUT2D eigenvalue weighted by molar-refractivity contribution is 0.471. The van der Waals surface area contributed by atoms with Crippen molar-refractivity contribution in [2.75, 3.05) is 0 Å². The van der Waals surface area contributed by atoms with Crippen LogP contribution in [-0.2, 0) is 5.41 Å². The third-order valence-electron chi connectivity index (χ3n) is 3.56. The summed E-state index contributed by atoms with van der Waals surface area (Å²) in [6.07, 6.45) is 0. The summed E-state index contributed by atoms with van der Waals surface area (Å²) in [6, 6.07) is 16.2. The first kappa shape index (κ1) is 25.5. The van der Waals surface area contributed by atoms with E-state index < -0.39 is 0 Å². The van der Waals surface area contributed by atoms with Crippen LogP contribution in [0.15, 0.2) is 48.5 Å². The van der Waals surface area contributed by atoms with E-state index in [1.54, 1.807) is 6.07 Å². The monoisotopic (exact) mass is 344 g/mol. The van der Waals surface area contributed by atoms with Crippen molar-refractivity contribution in [2.45, 2.75) is 80.6 Å². The Balaban J connectivity index is 0. The number of para-hydroxylation sites is 1. The van der Waals surface area contributed by atoms with Gasteiger partial charge in [-0.1, -0.05) is 105 Å². The molecule has 1 N–H and O–H groups in total. The highest BCUT2D eigenvalue weighted by atomic mass is 16.3. The molecule has 25 heavy (non-hydrogen) atoms. The Labute approximate surface area is 157 Å². The number of hydrogen-bond acceptors (Lipinski definition) is 1. The standard InChI is InChI=1S/C13H20.C7H8O.2C2H6/c1-10(2)11-6-8-12(9-7-11)13(3,4)5;1-6-4-2-3-5-7(6)8;2*1-2/h6-10H,1-5H3;2-5,8H,1H3;2*1-2H3. The summed E-state index contributed by atoms with van der Waals surface area (Å²) in [5, 5.41) is 8.92. The Hall–Kier alpha value is -1.76. The fourth-order valence-electron chi connectivity index (χ4n) is 1.93. The van der Waals surface area contributed by atoms with Gasteiger partial charge >= 0.3 is 0 Å². The van der Waals surface area contributed by atoms with Gasteiger partial charge in [0.25, 0.3) is 0 Å². The van der Waals surface area contributed by atoms with E-state index in [0.29, 0.717) is 11.7 Å². The molecule has 0 aliphatic carbocycles. The molecule has 1 heteroatoms. The van der Waals surface area contributed by atoms with Gasteiger partial charge in [0.05, 0.1) is 0 Å². The number of aromatic hydroxyl groups is 1. The summed E-state index contributed by atoms with van der Waals surface area (Å²) in [4.78, 5) is 0. The lowest BCUT2D eigenvalue weighted by Crippen LogP contribution is -2.10. The Morgan fingerprint density at radius 2 is 1.20 bits per heavy atom. The average Bonchev–Trinajstić information content (AvgIpc) is 2.61. The predicted octanol–water partition coefficient (Wildman–Crippen LogP) is 7.86. The molecule has 0 aromatic heterocycles. The molecule has 0 aliphatic rings. The van der Waals surface area contributed by atoms with Crippen molar-refractivity contribution < 1.29 is 5.11 Å². The lowest BCUT2D eigenvalue weighted by atomic mass is 9.86. The molecule has 1 nitrogen and oxygen atoms in total. The van der Waals surface area contributed by atoms with Gasteiger partial charge in [0.1, 0.15) is 5.75 Å². The summed E-state index contributed by atoms with van der Waals surface area (Å²) >= 11 is 0. The van der Waals surface area contributed by atoms with Crippen LogP contribution in [0.4, 0.5) is 0 Å². The van der Waals surface area contributed by atoms with Gasteiger partial charge in [-0.3, -0.25) is 0 Å². The first-order valence-electron chi connectivity index (χ1n) is 9.57. The SMILES string of the molecule is CC.CC.CC(C)c1ccc(C(C)(C)C)cc1.Cc1ccccc1O. The van der Waals surface area contributed by atoms with Gasteiger partial charge in [0.2, 0.25) is 0 Å². The zero-order valence-corrected chi connectivity index (χ0v) is 18.1. The minimum absolute atomic E-state index is 0.273. The first-order chi connectivity index (χ1) is 11.7. The maximum Gasteiger partial charge on any atom is 0.118 e. The van der Waals surface area contributed by atoms with Crippen molar-refractivity contribution in [3.63, 3.8) is 0 Å². The maximum absolute atomic E-state index is 8.92. The fraction of sp³-hybridized carbons (Fsp3) is 0.500. The van der Waals surface area contributed by atoms with E-state index in [1.165, 1.54) is 11.1 Å². The molecule has 2 aromatic rings. The van der Waals surface area contributed by atoms with Crippen LogP contribution in [0.1, 0.15) is 84.9 Å². The van der Waals surface area contributed by atoms with Crippen LogP contribution in [0.25, 0.3) is 0 Å². The van der Waals surface area contributed by atoms with Crippen LogP contribution in [0.2, 0.25) is 0 Å². The largest absolute Gasteiger partial charge is 0.508 e. The quantitative estimate of drug-likeness (QED) is 0.558. The normalized spacial score (nSPS) is 9.72. The van der Waals surface area contributed by atoms with Gasteiger partial charge in [-0.15, -0.1) is 0 Å². The summed E-state index contributed by atoms with van der Waals surface area (Å²) in [5.41, 5.74) is 4.03. The molecule has 0 amide bonds. The van der Waals surface area contributed by atoms with Gasteiger partial charge in [0.15, 0.2) is 0 Å². The molecule has 0 unspecified atom stereocenters. The number of hydrogen-bond donors (Lipinski definition) is 1. The Morgan fingerprint density at radius 3 is 1.48 bits per heavy atom. The lowest BCUT2D eigenvalue weighted by Gasteiger charge is -2.19. The number of aryl methyl sites for hydroxylation is 1. The maximum atomic E-state index is 8.92. The smallest absolute Gasteiger partial charge is 0.118 e. The average molecular weight is 345 g/mol. The molecule has 2 rings (SSSR count). The van der Waals surface area contributed by atoms with E-state index in [-0.39, 0.29) is 5.41 Å². The predicted molar refractivity (Wildman–Crippen MR) is 115 cm³/mol. The van der Waals surface area contributed by atoms with Crippen molar-refractivity contribution in [1.29, 1.82) is 0 Å². The topological polar surface area (TPSA) is 20.2 Å². The molecular weight excluding hydrogens is 304 g/mol. The van der Waals surface area contributed by atoms with Gasteiger partial charge in [-0.05, 0) is 41.0 Å². The number of rotatable bonds is 1. The fourth-order valence-corrected chi connectivity index (χ4v) is 1.93. The third kappa shape index (κ3) is 10.7. The summed E-state index contributed by atoms with van der Waals surface area (Å²) < 4.78 is 0. The zero-order chi connectivity index (χ0) is 20.0. The summed E-state index contributed by atoms with van der Waals surface area (Å²) in [5.74, 6) is 1.00. The van der Waals surface area contributed by atoms with Gasteiger partial charge in [0, 0.05) is 0 Å². The van der Waals surface area contributed by atoms with Gasteiger partial charge in [-0.2, -0.15) is 0 Å².